The van der Waals surface area contributed by atoms with Gasteiger partial charge in [0.15, 0.2) is 0 Å². The lowest BCUT2D eigenvalue weighted by Crippen LogP contribution is -2.17. The van der Waals surface area contributed by atoms with Crippen molar-refractivity contribution in [3.8, 4) is 5.75 Å². The Bertz CT molecular complexity index is 477. The molecule has 0 spiro atoms. The molecule has 0 fully saturated rings. The lowest BCUT2D eigenvalue weighted by molar-refractivity contribution is -0.0493. The first kappa shape index (κ1) is 14.7. The molecule has 0 aliphatic carbocycles. The molecule has 0 radical (unpaired) electrons. The van der Waals surface area contributed by atoms with Crippen LogP contribution in [0.3, 0.4) is 0 Å². The highest BCUT2D eigenvalue weighted by Gasteiger charge is 2.14. The van der Waals surface area contributed by atoms with E-state index in [0.717, 1.165) is 6.42 Å². The van der Waals surface area contributed by atoms with E-state index in [4.69, 9.17) is 0 Å². The molecule has 0 unspecified atom stereocenters. The van der Waals surface area contributed by atoms with Crippen molar-refractivity contribution in [2.45, 2.75) is 26.4 Å². The summed E-state index contributed by atoms with van der Waals surface area (Å²) in [5.74, 6) is -0.237. The highest BCUT2D eigenvalue weighted by molar-refractivity contribution is 7.92. The van der Waals surface area contributed by atoms with Gasteiger partial charge in [0.25, 0.3) is 0 Å². The molecule has 0 amide bonds. The fourth-order valence-electron chi connectivity index (χ4n) is 1.30. The second-order valence-corrected chi connectivity index (χ2v) is 5.49. The minimum absolute atomic E-state index is 0.0221. The van der Waals surface area contributed by atoms with E-state index in [2.05, 4.69) is 9.46 Å². The topological polar surface area (TPSA) is 55.4 Å². The van der Waals surface area contributed by atoms with Gasteiger partial charge in [-0.2, -0.15) is 8.78 Å². The molecule has 0 saturated carbocycles. The summed E-state index contributed by atoms with van der Waals surface area (Å²) < 4.78 is 54.0. The number of hydrogen-bond donors (Lipinski definition) is 1. The van der Waals surface area contributed by atoms with Gasteiger partial charge in [-0.1, -0.05) is 25.5 Å². The number of halogens is 2. The number of hydrogen-bond acceptors (Lipinski definition) is 3. The summed E-state index contributed by atoms with van der Waals surface area (Å²) >= 11 is 0. The molecule has 0 saturated heterocycles. The second-order valence-electron chi connectivity index (χ2n) is 3.65. The van der Waals surface area contributed by atoms with Gasteiger partial charge in [-0.3, -0.25) is 4.72 Å². The number of para-hydroxylation sites is 2. The molecule has 7 heteroatoms. The van der Waals surface area contributed by atoms with Gasteiger partial charge in [0.05, 0.1) is 11.4 Å². The molecule has 1 N–H and O–H groups in total. The lowest BCUT2D eigenvalue weighted by atomic mass is 10.3. The fraction of sp³-hybridized carbons (Fsp3) is 0.455. The first-order chi connectivity index (χ1) is 8.44. The molecule has 0 atom stereocenters. The minimum Gasteiger partial charge on any atom is -0.433 e. The van der Waals surface area contributed by atoms with Crippen LogP contribution < -0.4 is 9.46 Å². The monoisotopic (exact) mass is 279 g/mol. The number of nitrogens with one attached hydrogen (secondary N) is 1. The van der Waals surface area contributed by atoms with Crippen LogP contribution in [-0.4, -0.2) is 20.8 Å². The van der Waals surface area contributed by atoms with Crippen molar-refractivity contribution in [2.24, 2.45) is 0 Å². The average Bonchev–Trinajstić information content (AvgIpc) is 2.28. The van der Waals surface area contributed by atoms with Gasteiger partial charge < -0.3 is 4.74 Å². The Kier molecular flexibility index (Phi) is 5.33. The zero-order valence-corrected chi connectivity index (χ0v) is 10.7. The summed E-state index contributed by atoms with van der Waals surface area (Å²) in [7, 11) is -3.53. The van der Waals surface area contributed by atoms with E-state index >= 15 is 0 Å². The number of alkyl halides is 2. The summed E-state index contributed by atoms with van der Waals surface area (Å²) in [6, 6.07) is 5.68. The third-order valence-electron chi connectivity index (χ3n) is 2.14. The van der Waals surface area contributed by atoms with Crippen molar-refractivity contribution in [3.63, 3.8) is 0 Å². The summed E-state index contributed by atoms with van der Waals surface area (Å²) in [4.78, 5) is 0. The van der Waals surface area contributed by atoms with Crippen LogP contribution in [-0.2, 0) is 10.0 Å². The molecular formula is C11H15F2NO3S. The van der Waals surface area contributed by atoms with E-state index in [9.17, 15) is 17.2 Å². The second kappa shape index (κ2) is 6.53. The average molecular weight is 279 g/mol. The lowest BCUT2D eigenvalue weighted by Gasteiger charge is -2.12. The molecule has 1 aromatic carbocycles. The summed E-state index contributed by atoms with van der Waals surface area (Å²) in [5.41, 5.74) is 0.0221. The molecule has 0 aliphatic heterocycles. The van der Waals surface area contributed by atoms with E-state index in [1.807, 2.05) is 6.92 Å². The van der Waals surface area contributed by atoms with Gasteiger partial charge in [-0.05, 0) is 18.6 Å². The smallest absolute Gasteiger partial charge is 0.387 e. The van der Waals surface area contributed by atoms with E-state index in [1.54, 1.807) is 0 Å². The molecule has 1 aromatic rings. The van der Waals surface area contributed by atoms with Crippen LogP contribution in [0.1, 0.15) is 19.8 Å². The molecular weight excluding hydrogens is 264 g/mol. The van der Waals surface area contributed by atoms with Gasteiger partial charge in [0.1, 0.15) is 5.75 Å². The standard InChI is InChI=1S/C11H15F2NO3S/c1-2-3-8-18(15,16)14-9-6-4-5-7-10(9)17-11(12)13/h4-7,11,14H,2-3,8H2,1H3. The SMILES string of the molecule is CCCCS(=O)(=O)Nc1ccccc1OC(F)F. The van der Waals surface area contributed by atoms with Crippen LogP contribution >= 0.6 is 0 Å². The van der Waals surface area contributed by atoms with Crippen LogP contribution in [0.15, 0.2) is 24.3 Å². The summed E-state index contributed by atoms with van der Waals surface area (Å²) in [6.07, 6.45) is 1.24. The van der Waals surface area contributed by atoms with Crippen molar-refractivity contribution in [2.75, 3.05) is 10.5 Å². The third-order valence-corrected chi connectivity index (χ3v) is 3.49. The first-order valence-electron chi connectivity index (χ1n) is 5.49. The maximum absolute atomic E-state index is 12.1. The molecule has 4 nitrogen and oxygen atoms in total. The number of unbranched alkanes of at least 4 members (excludes halogenated alkanes) is 1. The van der Waals surface area contributed by atoms with E-state index in [0.29, 0.717) is 6.42 Å². The molecule has 0 aromatic heterocycles. The molecule has 1 rings (SSSR count). The first-order valence-corrected chi connectivity index (χ1v) is 7.14. The molecule has 18 heavy (non-hydrogen) atoms. The van der Waals surface area contributed by atoms with Crippen molar-refractivity contribution < 1.29 is 21.9 Å². The molecule has 0 heterocycles. The number of sulfonamides is 1. The van der Waals surface area contributed by atoms with Crippen molar-refractivity contribution in [1.29, 1.82) is 0 Å². The molecule has 102 valence electrons. The Morgan fingerprint density at radius 2 is 2.00 bits per heavy atom. The van der Waals surface area contributed by atoms with Crippen LogP contribution in [0.25, 0.3) is 0 Å². The van der Waals surface area contributed by atoms with Crippen molar-refractivity contribution in [1.82, 2.24) is 0 Å². The zero-order chi connectivity index (χ0) is 13.6. The van der Waals surface area contributed by atoms with E-state index in [1.165, 1.54) is 24.3 Å². The highest BCUT2D eigenvalue weighted by atomic mass is 32.2. The number of benzene rings is 1. The third kappa shape index (κ3) is 4.87. The van der Waals surface area contributed by atoms with Crippen LogP contribution in [0.2, 0.25) is 0 Å². The number of rotatable bonds is 7. The predicted octanol–water partition coefficient (Wildman–Crippen LogP) is 2.83. The summed E-state index contributed by atoms with van der Waals surface area (Å²) in [5, 5.41) is 0. The number of ether oxygens (including phenoxy) is 1. The maximum atomic E-state index is 12.1. The quantitative estimate of drug-likeness (QED) is 0.835. The Hall–Kier alpha value is -1.37. The van der Waals surface area contributed by atoms with Gasteiger partial charge in [0, 0.05) is 0 Å². The van der Waals surface area contributed by atoms with Crippen LogP contribution in [0.4, 0.5) is 14.5 Å². The Balaban J connectivity index is 2.83. The Morgan fingerprint density at radius 1 is 1.33 bits per heavy atom. The largest absolute Gasteiger partial charge is 0.433 e. The van der Waals surface area contributed by atoms with Crippen LogP contribution in [0, 0.1) is 0 Å². The predicted molar refractivity (Wildman–Crippen MR) is 65.4 cm³/mol. The van der Waals surface area contributed by atoms with Gasteiger partial charge in [-0.25, -0.2) is 8.42 Å². The zero-order valence-electron chi connectivity index (χ0n) is 9.90. The van der Waals surface area contributed by atoms with Crippen molar-refractivity contribution in [3.05, 3.63) is 24.3 Å². The molecule has 0 bridgehead atoms. The highest BCUT2D eigenvalue weighted by Crippen LogP contribution is 2.26. The Labute approximate surface area is 105 Å². The normalized spacial score (nSPS) is 11.6. The fourth-order valence-corrected chi connectivity index (χ4v) is 2.58. The molecule has 0 aliphatic rings. The van der Waals surface area contributed by atoms with Gasteiger partial charge in [-0.15, -0.1) is 0 Å². The van der Waals surface area contributed by atoms with E-state index < -0.39 is 16.6 Å². The summed E-state index contributed by atoms with van der Waals surface area (Å²) in [6.45, 7) is -1.13. The van der Waals surface area contributed by atoms with Gasteiger partial charge in [0.2, 0.25) is 10.0 Å². The van der Waals surface area contributed by atoms with E-state index in [-0.39, 0.29) is 17.2 Å². The van der Waals surface area contributed by atoms with Crippen LogP contribution in [0.5, 0.6) is 5.75 Å². The minimum atomic E-state index is -3.53. The maximum Gasteiger partial charge on any atom is 0.387 e. The van der Waals surface area contributed by atoms with Crippen molar-refractivity contribution >= 4 is 15.7 Å². The van der Waals surface area contributed by atoms with Gasteiger partial charge >= 0.3 is 6.61 Å². The number of anilines is 1. The Morgan fingerprint density at radius 3 is 2.61 bits per heavy atom.